The number of hydrogen-bond donors (Lipinski definition) is 3. The predicted octanol–water partition coefficient (Wildman–Crippen LogP) is 2.95. The van der Waals surface area contributed by atoms with Gasteiger partial charge in [-0.25, -0.2) is 9.18 Å². The fourth-order valence-electron chi connectivity index (χ4n) is 3.00. The second-order valence-corrected chi connectivity index (χ2v) is 6.00. The number of aromatic amines is 2. The van der Waals surface area contributed by atoms with E-state index in [0.717, 1.165) is 29.4 Å². The molecule has 2 aromatic heterocycles. The number of nitrogens with one attached hydrogen (secondary N) is 3. The summed E-state index contributed by atoms with van der Waals surface area (Å²) < 4.78 is 24.2. The van der Waals surface area contributed by atoms with Gasteiger partial charge < -0.3 is 19.5 Å². The third-order valence-electron chi connectivity index (χ3n) is 4.25. The van der Waals surface area contributed by atoms with Gasteiger partial charge in [-0.3, -0.25) is 4.98 Å². The van der Waals surface area contributed by atoms with Crippen LogP contribution in [0.5, 0.6) is 5.75 Å². The molecule has 4 aromatic rings. The van der Waals surface area contributed by atoms with Gasteiger partial charge in [-0.1, -0.05) is 6.07 Å². The molecule has 0 spiro atoms. The maximum absolute atomic E-state index is 13.4. The molecular formula is C19H18FN3O3. The van der Waals surface area contributed by atoms with Crippen LogP contribution in [0.1, 0.15) is 5.56 Å². The highest BCUT2D eigenvalue weighted by Crippen LogP contribution is 2.23. The summed E-state index contributed by atoms with van der Waals surface area (Å²) >= 11 is 0. The molecule has 3 N–H and O–H groups in total. The highest BCUT2D eigenvalue weighted by atomic mass is 19.1. The summed E-state index contributed by atoms with van der Waals surface area (Å²) in [6.45, 7) is 1.83. The van der Waals surface area contributed by atoms with Gasteiger partial charge in [0.25, 0.3) is 0 Å². The molecule has 0 aliphatic rings. The number of halogens is 1. The fourth-order valence-corrected chi connectivity index (χ4v) is 3.00. The van der Waals surface area contributed by atoms with Gasteiger partial charge in [0.1, 0.15) is 12.4 Å². The van der Waals surface area contributed by atoms with Gasteiger partial charge in [0.2, 0.25) is 0 Å². The van der Waals surface area contributed by atoms with Gasteiger partial charge in [0.15, 0.2) is 11.3 Å². The summed E-state index contributed by atoms with van der Waals surface area (Å²) in [6, 6.07) is 10.1. The van der Waals surface area contributed by atoms with Crippen LogP contribution >= 0.6 is 0 Å². The highest BCUT2D eigenvalue weighted by molar-refractivity contribution is 5.83. The molecule has 2 aromatic carbocycles. The minimum absolute atomic E-state index is 0.231. The van der Waals surface area contributed by atoms with Crippen molar-refractivity contribution in [3.05, 3.63) is 64.5 Å². The highest BCUT2D eigenvalue weighted by Gasteiger charge is 2.08. The second-order valence-electron chi connectivity index (χ2n) is 6.00. The molecule has 0 bridgehead atoms. The first kappa shape index (κ1) is 16.4. The lowest BCUT2D eigenvalue weighted by Crippen LogP contribution is -2.23. The zero-order chi connectivity index (χ0) is 17.9. The molecule has 26 heavy (non-hydrogen) atoms. The van der Waals surface area contributed by atoms with Crippen LogP contribution < -0.4 is 15.8 Å². The molecule has 0 saturated heterocycles. The van der Waals surface area contributed by atoms with Gasteiger partial charge in [0, 0.05) is 23.6 Å². The molecular weight excluding hydrogens is 337 g/mol. The van der Waals surface area contributed by atoms with Crippen LogP contribution in [0.3, 0.4) is 0 Å². The third kappa shape index (κ3) is 3.34. The van der Waals surface area contributed by atoms with E-state index in [-0.39, 0.29) is 5.82 Å². The van der Waals surface area contributed by atoms with Crippen molar-refractivity contribution in [1.29, 1.82) is 0 Å². The van der Waals surface area contributed by atoms with Crippen molar-refractivity contribution < 1.29 is 13.5 Å². The van der Waals surface area contributed by atoms with Crippen molar-refractivity contribution in [3.8, 4) is 5.75 Å². The minimum atomic E-state index is -0.496. The van der Waals surface area contributed by atoms with Crippen molar-refractivity contribution in [3.63, 3.8) is 0 Å². The Hall–Kier alpha value is -3.06. The Labute approximate surface area is 148 Å². The van der Waals surface area contributed by atoms with Gasteiger partial charge in [-0.2, -0.15) is 0 Å². The molecule has 0 unspecified atom stereocenters. The summed E-state index contributed by atoms with van der Waals surface area (Å²) in [5.41, 5.74) is 3.06. The molecule has 7 heteroatoms. The van der Waals surface area contributed by atoms with Crippen LogP contribution in [0.25, 0.3) is 22.0 Å². The zero-order valence-corrected chi connectivity index (χ0v) is 14.0. The molecule has 4 rings (SSSR count). The van der Waals surface area contributed by atoms with Gasteiger partial charge >= 0.3 is 5.76 Å². The van der Waals surface area contributed by atoms with E-state index in [9.17, 15) is 9.18 Å². The monoisotopic (exact) mass is 355 g/mol. The number of hydrogen-bond acceptors (Lipinski definition) is 4. The summed E-state index contributed by atoms with van der Waals surface area (Å²) in [4.78, 5) is 17.0. The van der Waals surface area contributed by atoms with E-state index in [0.29, 0.717) is 30.0 Å². The molecule has 0 amide bonds. The lowest BCUT2D eigenvalue weighted by Gasteiger charge is -2.07. The smallest absolute Gasteiger partial charge is 0.417 e. The molecule has 0 radical (unpaired) electrons. The Kier molecular flexibility index (Phi) is 4.45. The molecule has 0 saturated carbocycles. The van der Waals surface area contributed by atoms with Gasteiger partial charge in [0.05, 0.1) is 5.52 Å². The summed E-state index contributed by atoms with van der Waals surface area (Å²) in [5, 5.41) is 4.21. The zero-order valence-electron chi connectivity index (χ0n) is 14.0. The Bertz CT molecular complexity index is 1100. The minimum Gasteiger partial charge on any atom is -0.488 e. The Morgan fingerprint density at radius 1 is 1.15 bits per heavy atom. The molecule has 0 atom stereocenters. The van der Waals surface area contributed by atoms with E-state index >= 15 is 0 Å². The van der Waals surface area contributed by atoms with E-state index in [1.165, 1.54) is 6.07 Å². The standard InChI is InChI=1S/C19H18FN3O3/c20-13-4-5-15-14(10-13)12(11-22-15)6-7-21-8-9-25-17-3-1-2-16-18(17)26-19(24)23-16/h1-5,10-11,21-22H,6-9H2,(H,23,24). The van der Waals surface area contributed by atoms with Crippen LogP contribution in [0.2, 0.25) is 0 Å². The molecule has 134 valence electrons. The second kappa shape index (κ2) is 7.05. The van der Waals surface area contributed by atoms with Crippen LogP contribution in [0, 0.1) is 5.82 Å². The number of para-hydroxylation sites is 1. The van der Waals surface area contributed by atoms with Crippen molar-refractivity contribution in [1.82, 2.24) is 15.3 Å². The first-order valence-corrected chi connectivity index (χ1v) is 8.41. The maximum atomic E-state index is 13.4. The summed E-state index contributed by atoms with van der Waals surface area (Å²) in [7, 11) is 0. The van der Waals surface area contributed by atoms with Crippen molar-refractivity contribution >= 4 is 22.0 Å². The van der Waals surface area contributed by atoms with Crippen molar-refractivity contribution in [2.24, 2.45) is 0 Å². The molecule has 0 aliphatic carbocycles. The Balaban J connectivity index is 1.27. The van der Waals surface area contributed by atoms with E-state index in [4.69, 9.17) is 9.15 Å². The lowest BCUT2D eigenvalue weighted by molar-refractivity contribution is 0.313. The molecule has 0 aliphatic heterocycles. The normalized spacial score (nSPS) is 11.4. The van der Waals surface area contributed by atoms with E-state index in [2.05, 4.69) is 15.3 Å². The van der Waals surface area contributed by atoms with Gasteiger partial charge in [-0.15, -0.1) is 0 Å². The molecule has 0 fully saturated rings. The van der Waals surface area contributed by atoms with Crippen LogP contribution in [-0.2, 0) is 6.42 Å². The number of fused-ring (bicyclic) bond motifs is 2. The fraction of sp³-hybridized carbons (Fsp3) is 0.211. The predicted molar refractivity (Wildman–Crippen MR) is 97.2 cm³/mol. The number of benzene rings is 2. The van der Waals surface area contributed by atoms with E-state index in [1.54, 1.807) is 30.3 Å². The van der Waals surface area contributed by atoms with Crippen LogP contribution in [0.4, 0.5) is 4.39 Å². The van der Waals surface area contributed by atoms with E-state index < -0.39 is 5.76 Å². The van der Waals surface area contributed by atoms with Gasteiger partial charge in [-0.05, 0) is 48.9 Å². The molecule has 6 nitrogen and oxygen atoms in total. The average molecular weight is 355 g/mol. The first-order chi connectivity index (χ1) is 12.7. The van der Waals surface area contributed by atoms with Crippen LogP contribution in [-0.4, -0.2) is 29.7 Å². The summed E-state index contributed by atoms with van der Waals surface area (Å²) in [6.07, 6.45) is 2.70. The number of aromatic nitrogens is 2. The van der Waals surface area contributed by atoms with Crippen LogP contribution in [0.15, 0.2) is 51.8 Å². The average Bonchev–Trinajstić information content (AvgIpc) is 3.20. The topological polar surface area (TPSA) is 83.0 Å². The number of rotatable bonds is 7. The number of oxazole rings is 1. The van der Waals surface area contributed by atoms with E-state index in [1.807, 2.05) is 6.20 Å². The maximum Gasteiger partial charge on any atom is 0.417 e. The van der Waals surface area contributed by atoms with Crippen molar-refractivity contribution in [2.45, 2.75) is 6.42 Å². The SMILES string of the molecule is O=c1[nH]c2cccc(OCCNCCc3c[nH]c4ccc(F)cc34)c2o1. The summed E-state index contributed by atoms with van der Waals surface area (Å²) in [5.74, 6) is -0.190. The quantitative estimate of drug-likeness (QED) is 0.445. The molecule has 2 heterocycles. The third-order valence-corrected chi connectivity index (χ3v) is 4.25. The largest absolute Gasteiger partial charge is 0.488 e. The first-order valence-electron chi connectivity index (χ1n) is 8.41. The Morgan fingerprint density at radius 3 is 3.00 bits per heavy atom. The number of ether oxygens (including phenoxy) is 1. The lowest BCUT2D eigenvalue weighted by atomic mass is 10.1. The van der Waals surface area contributed by atoms with Crippen molar-refractivity contribution in [2.75, 3.05) is 19.7 Å². The number of H-pyrrole nitrogens is 2. The Morgan fingerprint density at radius 2 is 2.08 bits per heavy atom.